The Hall–Kier alpha value is -2.76. The fourth-order valence-electron chi connectivity index (χ4n) is 1.71. The summed E-state index contributed by atoms with van der Waals surface area (Å²) in [6.45, 7) is 0. The quantitative estimate of drug-likeness (QED) is 0.889. The van der Waals surface area contributed by atoms with Gasteiger partial charge in [-0.05, 0) is 24.3 Å². The van der Waals surface area contributed by atoms with E-state index in [1.807, 2.05) is 0 Å². The van der Waals surface area contributed by atoms with Crippen molar-refractivity contribution in [3.8, 4) is 11.5 Å². The van der Waals surface area contributed by atoms with Crippen LogP contribution in [-0.2, 0) is 0 Å². The number of anilines is 2. The number of pyridine rings is 1. The van der Waals surface area contributed by atoms with E-state index in [0.717, 1.165) is 0 Å². The molecule has 0 aliphatic heterocycles. The molecule has 0 atom stereocenters. The number of nitrogens with two attached hydrogens (primary N) is 1. The summed E-state index contributed by atoms with van der Waals surface area (Å²) in [6.07, 6.45) is 1.51. The number of nitrogens with one attached hydrogen (secondary N) is 1. The van der Waals surface area contributed by atoms with Gasteiger partial charge in [0, 0.05) is 18.0 Å². The Morgan fingerprint density at radius 1 is 1.20 bits per heavy atom. The fourth-order valence-corrected chi connectivity index (χ4v) is 1.71. The maximum atomic E-state index is 12.1. The van der Waals surface area contributed by atoms with Crippen LogP contribution in [0.3, 0.4) is 0 Å². The molecule has 0 unspecified atom stereocenters. The Labute approximate surface area is 116 Å². The van der Waals surface area contributed by atoms with Crippen LogP contribution in [-0.4, -0.2) is 25.1 Å². The summed E-state index contributed by atoms with van der Waals surface area (Å²) in [5, 5.41) is 2.71. The zero-order valence-electron chi connectivity index (χ0n) is 11.2. The maximum absolute atomic E-state index is 12.1. The number of carbonyl (C=O) groups is 1. The zero-order chi connectivity index (χ0) is 14.5. The van der Waals surface area contributed by atoms with Crippen LogP contribution in [0.25, 0.3) is 0 Å². The number of hydrogen-bond donors (Lipinski definition) is 2. The first-order valence-corrected chi connectivity index (χ1v) is 5.89. The van der Waals surface area contributed by atoms with Gasteiger partial charge in [0.05, 0.1) is 19.9 Å². The third-order valence-electron chi connectivity index (χ3n) is 2.70. The van der Waals surface area contributed by atoms with Crippen molar-refractivity contribution in [2.45, 2.75) is 0 Å². The highest BCUT2D eigenvalue weighted by molar-refractivity contribution is 6.06. The molecule has 2 rings (SSSR count). The molecule has 2 aromatic rings. The second-order valence-corrected chi connectivity index (χ2v) is 3.97. The number of carbonyl (C=O) groups excluding carboxylic acids is 1. The van der Waals surface area contributed by atoms with Gasteiger partial charge >= 0.3 is 0 Å². The minimum atomic E-state index is -0.379. The van der Waals surface area contributed by atoms with Crippen molar-refractivity contribution < 1.29 is 14.3 Å². The smallest absolute Gasteiger partial charge is 0.276 e. The third-order valence-corrected chi connectivity index (χ3v) is 2.70. The van der Waals surface area contributed by atoms with E-state index < -0.39 is 0 Å². The fraction of sp³-hybridized carbons (Fsp3) is 0.143. The molecule has 104 valence electrons. The molecular formula is C14H15N3O3. The minimum Gasteiger partial charge on any atom is -0.493 e. The highest BCUT2D eigenvalue weighted by Crippen LogP contribution is 2.29. The summed E-state index contributed by atoms with van der Waals surface area (Å²) in [5.41, 5.74) is 6.78. The molecule has 1 aromatic heterocycles. The molecule has 0 saturated carbocycles. The summed E-state index contributed by atoms with van der Waals surface area (Å²) in [4.78, 5) is 16.0. The van der Waals surface area contributed by atoms with E-state index >= 15 is 0 Å². The minimum absolute atomic E-state index is 0.183. The standard InChI is InChI=1S/C14H15N3O3/c1-19-11-6-5-9(8-12(11)20-2)17-14(18)13-10(15)4-3-7-16-13/h3-8H,15H2,1-2H3,(H,17,18). The number of ether oxygens (including phenoxy) is 2. The molecule has 0 radical (unpaired) electrons. The van der Waals surface area contributed by atoms with Crippen molar-refractivity contribution in [3.05, 3.63) is 42.2 Å². The predicted octanol–water partition coefficient (Wildman–Crippen LogP) is 1.93. The number of hydrogen-bond acceptors (Lipinski definition) is 5. The Morgan fingerprint density at radius 3 is 2.60 bits per heavy atom. The van der Waals surface area contributed by atoms with E-state index in [1.54, 1.807) is 37.4 Å². The normalized spacial score (nSPS) is 9.90. The van der Waals surface area contributed by atoms with Crippen molar-refractivity contribution in [1.82, 2.24) is 4.98 Å². The average Bonchev–Trinajstić information content (AvgIpc) is 2.47. The number of rotatable bonds is 4. The second-order valence-electron chi connectivity index (χ2n) is 3.97. The number of nitrogens with zero attached hydrogens (tertiary/aromatic N) is 1. The van der Waals surface area contributed by atoms with Gasteiger partial charge in [-0.3, -0.25) is 4.79 Å². The molecule has 6 nitrogen and oxygen atoms in total. The highest BCUT2D eigenvalue weighted by Gasteiger charge is 2.12. The van der Waals surface area contributed by atoms with E-state index in [9.17, 15) is 4.79 Å². The average molecular weight is 273 g/mol. The van der Waals surface area contributed by atoms with E-state index in [2.05, 4.69) is 10.3 Å². The summed E-state index contributed by atoms with van der Waals surface area (Å²) in [5.74, 6) is 0.734. The van der Waals surface area contributed by atoms with Gasteiger partial charge in [-0.15, -0.1) is 0 Å². The largest absolute Gasteiger partial charge is 0.493 e. The summed E-state index contributed by atoms with van der Waals surface area (Å²) in [6, 6.07) is 8.36. The van der Waals surface area contributed by atoms with Crippen LogP contribution >= 0.6 is 0 Å². The highest BCUT2D eigenvalue weighted by atomic mass is 16.5. The van der Waals surface area contributed by atoms with Crippen LogP contribution < -0.4 is 20.5 Å². The van der Waals surface area contributed by atoms with Crippen LogP contribution in [0.4, 0.5) is 11.4 Å². The third kappa shape index (κ3) is 2.80. The van der Waals surface area contributed by atoms with Crippen LogP contribution in [0, 0.1) is 0 Å². The first-order chi connectivity index (χ1) is 9.65. The zero-order valence-corrected chi connectivity index (χ0v) is 11.2. The van der Waals surface area contributed by atoms with Crippen LogP contribution in [0.2, 0.25) is 0 Å². The van der Waals surface area contributed by atoms with Gasteiger partial charge in [-0.2, -0.15) is 0 Å². The Balaban J connectivity index is 2.22. The van der Waals surface area contributed by atoms with Crippen molar-refractivity contribution in [3.63, 3.8) is 0 Å². The predicted molar refractivity (Wildman–Crippen MR) is 76.1 cm³/mol. The lowest BCUT2D eigenvalue weighted by molar-refractivity contribution is 0.102. The summed E-state index contributed by atoms with van der Waals surface area (Å²) < 4.78 is 10.3. The van der Waals surface area contributed by atoms with E-state index in [-0.39, 0.29) is 11.6 Å². The SMILES string of the molecule is COc1ccc(NC(=O)c2ncccc2N)cc1OC. The molecule has 0 aliphatic carbocycles. The van der Waals surface area contributed by atoms with Gasteiger partial charge in [0.1, 0.15) is 0 Å². The first kappa shape index (κ1) is 13.7. The molecule has 3 N–H and O–H groups in total. The van der Waals surface area contributed by atoms with Gasteiger partial charge in [0.25, 0.3) is 5.91 Å². The molecule has 1 amide bonds. The van der Waals surface area contributed by atoms with E-state index in [1.165, 1.54) is 13.3 Å². The maximum Gasteiger partial charge on any atom is 0.276 e. The summed E-state index contributed by atoms with van der Waals surface area (Å²) >= 11 is 0. The van der Waals surface area contributed by atoms with Crippen molar-refractivity contribution in [2.24, 2.45) is 0 Å². The van der Waals surface area contributed by atoms with Gasteiger partial charge in [-0.1, -0.05) is 0 Å². The van der Waals surface area contributed by atoms with Gasteiger partial charge in [0.2, 0.25) is 0 Å². The second kappa shape index (κ2) is 5.92. The van der Waals surface area contributed by atoms with Crippen LogP contribution in [0.1, 0.15) is 10.5 Å². The lowest BCUT2D eigenvalue weighted by atomic mass is 10.2. The lowest BCUT2D eigenvalue weighted by Crippen LogP contribution is -2.15. The summed E-state index contributed by atoms with van der Waals surface area (Å²) in [7, 11) is 3.07. The van der Waals surface area contributed by atoms with Gasteiger partial charge in [-0.25, -0.2) is 4.98 Å². The van der Waals surface area contributed by atoms with Crippen LogP contribution in [0.15, 0.2) is 36.5 Å². The van der Waals surface area contributed by atoms with Crippen LogP contribution in [0.5, 0.6) is 11.5 Å². The van der Waals surface area contributed by atoms with Crippen molar-refractivity contribution in [1.29, 1.82) is 0 Å². The molecule has 0 saturated heterocycles. The Kier molecular flexibility index (Phi) is 4.05. The molecule has 20 heavy (non-hydrogen) atoms. The molecule has 0 bridgehead atoms. The molecule has 0 fully saturated rings. The van der Waals surface area contributed by atoms with Crippen molar-refractivity contribution >= 4 is 17.3 Å². The number of aromatic nitrogens is 1. The lowest BCUT2D eigenvalue weighted by Gasteiger charge is -2.10. The Morgan fingerprint density at radius 2 is 1.95 bits per heavy atom. The van der Waals surface area contributed by atoms with Gasteiger partial charge in [0.15, 0.2) is 17.2 Å². The topological polar surface area (TPSA) is 86.5 Å². The number of amides is 1. The van der Waals surface area contributed by atoms with Gasteiger partial charge < -0.3 is 20.5 Å². The molecule has 0 aliphatic rings. The van der Waals surface area contributed by atoms with E-state index in [4.69, 9.17) is 15.2 Å². The molecule has 0 spiro atoms. The monoisotopic (exact) mass is 273 g/mol. The van der Waals surface area contributed by atoms with Crippen molar-refractivity contribution in [2.75, 3.05) is 25.3 Å². The Bertz CT molecular complexity index is 629. The first-order valence-electron chi connectivity index (χ1n) is 5.89. The molecular weight excluding hydrogens is 258 g/mol. The molecule has 1 heterocycles. The molecule has 6 heteroatoms. The number of nitrogen functional groups attached to an aromatic ring is 1. The number of benzene rings is 1. The molecule has 1 aromatic carbocycles. The number of methoxy groups -OCH3 is 2. The van der Waals surface area contributed by atoms with E-state index in [0.29, 0.717) is 22.9 Å².